The van der Waals surface area contributed by atoms with Crippen molar-refractivity contribution in [3.63, 3.8) is 0 Å². The summed E-state index contributed by atoms with van der Waals surface area (Å²) in [5, 5.41) is 3.22. The highest BCUT2D eigenvalue weighted by atomic mass is 16.5. The maximum Gasteiger partial charge on any atom is 0.323 e. The van der Waals surface area contributed by atoms with E-state index in [1.807, 2.05) is 32.0 Å². The Morgan fingerprint density at radius 2 is 1.95 bits per heavy atom. The Labute approximate surface area is 132 Å². The minimum atomic E-state index is -0.450. The smallest absolute Gasteiger partial charge is 0.323 e. The number of carbonyl (C=O) groups is 1. The molecule has 0 aliphatic carbocycles. The number of esters is 1. The average molecular weight is 307 g/mol. The number of hydrogen-bond donors (Lipinski definition) is 1. The van der Waals surface area contributed by atoms with Crippen LogP contribution in [0.4, 0.5) is 0 Å². The van der Waals surface area contributed by atoms with Gasteiger partial charge in [-0.25, -0.2) is 0 Å². The zero-order valence-electron chi connectivity index (χ0n) is 13.9. The zero-order valence-corrected chi connectivity index (χ0v) is 13.9. The van der Waals surface area contributed by atoms with E-state index < -0.39 is 6.04 Å². The monoisotopic (exact) mass is 307 g/mol. The second-order valence-corrected chi connectivity index (χ2v) is 5.19. The first-order valence-corrected chi connectivity index (χ1v) is 7.12. The number of hydrogen-bond acceptors (Lipinski definition) is 5. The predicted octanol–water partition coefficient (Wildman–Crippen LogP) is 2.55. The normalized spacial score (nSPS) is 13.1. The van der Waals surface area contributed by atoms with Gasteiger partial charge in [0.2, 0.25) is 0 Å². The quantitative estimate of drug-likeness (QED) is 0.591. The third-order valence-electron chi connectivity index (χ3n) is 3.74. The summed E-state index contributed by atoms with van der Waals surface area (Å²) in [6.45, 7) is 8.24. The average Bonchev–Trinajstić information content (AvgIpc) is 2.54. The van der Waals surface area contributed by atoms with Crippen LogP contribution in [0, 0.1) is 5.92 Å². The lowest BCUT2D eigenvalue weighted by Gasteiger charge is -2.23. The van der Waals surface area contributed by atoms with E-state index in [1.54, 1.807) is 14.2 Å². The zero-order chi connectivity index (χ0) is 16.7. The van der Waals surface area contributed by atoms with E-state index in [9.17, 15) is 4.79 Å². The van der Waals surface area contributed by atoms with Crippen molar-refractivity contribution < 1.29 is 19.0 Å². The number of rotatable bonds is 8. The summed E-state index contributed by atoms with van der Waals surface area (Å²) in [5.74, 6) is 1.10. The van der Waals surface area contributed by atoms with Crippen molar-refractivity contribution in [2.24, 2.45) is 5.92 Å². The Hall–Kier alpha value is -2.01. The van der Waals surface area contributed by atoms with Gasteiger partial charge in [0.25, 0.3) is 0 Å². The number of benzene rings is 1. The van der Waals surface area contributed by atoms with E-state index >= 15 is 0 Å². The van der Waals surface area contributed by atoms with E-state index in [0.717, 1.165) is 16.9 Å². The highest BCUT2D eigenvalue weighted by Crippen LogP contribution is 2.25. The highest BCUT2D eigenvalue weighted by molar-refractivity contribution is 5.76. The van der Waals surface area contributed by atoms with Gasteiger partial charge in [0.15, 0.2) is 0 Å². The van der Waals surface area contributed by atoms with Crippen molar-refractivity contribution in [2.75, 3.05) is 21.3 Å². The van der Waals surface area contributed by atoms with Crippen molar-refractivity contribution in [3.05, 3.63) is 35.9 Å². The highest BCUT2D eigenvalue weighted by Gasteiger charge is 2.26. The molecular weight excluding hydrogens is 282 g/mol. The molecule has 122 valence electrons. The predicted molar refractivity (Wildman–Crippen MR) is 86.2 cm³/mol. The Morgan fingerprint density at radius 1 is 1.27 bits per heavy atom. The summed E-state index contributed by atoms with van der Waals surface area (Å²) in [4.78, 5) is 12.0. The first-order chi connectivity index (χ1) is 10.4. The molecule has 0 fully saturated rings. The molecule has 0 unspecified atom stereocenters. The molecule has 22 heavy (non-hydrogen) atoms. The fourth-order valence-electron chi connectivity index (χ4n) is 2.09. The topological polar surface area (TPSA) is 56.8 Å². The first kappa shape index (κ1) is 18.0. The van der Waals surface area contributed by atoms with Crippen molar-refractivity contribution in [3.8, 4) is 11.5 Å². The second-order valence-electron chi connectivity index (χ2n) is 5.19. The Balaban J connectivity index is 2.88. The molecule has 0 spiro atoms. The molecule has 0 saturated carbocycles. The van der Waals surface area contributed by atoms with Gasteiger partial charge < -0.3 is 14.2 Å². The van der Waals surface area contributed by atoms with Gasteiger partial charge in [-0.2, -0.15) is 0 Å². The summed E-state index contributed by atoms with van der Waals surface area (Å²) in [5.41, 5.74) is 1.86. The second kappa shape index (κ2) is 8.44. The molecule has 0 heterocycles. The molecule has 1 N–H and O–H groups in total. The minimum Gasteiger partial charge on any atom is -0.497 e. The summed E-state index contributed by atoms with van der Waals surface area (Å²) in [7, 11) is 4.59. The van der Waals surface area contributed by atoms with Crippen molar-refractivity contribution in [1.82, 2.24) is 5.32 Å². The van der Waals surface area contributed by atoms with Crippen LogP contribution in [-0.4, -0.2) is 33.3 Å². The lowest BCUT2D eigenvalue weighted by molar-refractivity contribution is -0.144. The molecule has 5 heteroatoms. The van der Waals surface area contributed by atoms with Crippen LogP contribution in [0.15, 0.2) is 30.4 Å². The third-order valence-corrected chi connectivity index (χ3v) is 3.74. The van der Waals surface area contributed by atoms with E-state index in [2.05, 4.69) is 11.9 Å². The van der Waals surface area contributed by atoms with Crippen LogP contribution in [-0.2, 0) is 16.1 Å². The molecule has 0 aliphatic heterocycles. The third kappa shape index (κ3) is 4.49. The van der Waals surface area contributed by atoms with Gasteiger partial charge in [-0.3, -0.25) is 10.1 Å². The summed E-state index contributed by atoms with van der Waals surface area (Å²) in [6, 6.07) is 5.13. The Kier molecular flexibility index (Phi) is 6.92. The van der Waals surface area contributed by atoms with Gasteiger partial charge in [-0.15, -0.1) is 0 Å². The summed E-state index contributed by atoms with van der Waals surface area (Å²) < 4.78 is 15.4. The van der Waals surface area contributed by atoms with Crippen LogP contribution >= 0.6 is 0 Å². The first-order valence-electron chi connectivity index (χ1n) is 7.12. The van der Waals surface area contributed by atoms with Crippen molar-refractivity contribution in [2.45, 2.75) is 26.4 Å². The maximum absolute atomic E-state index is 12.0. The van der Waals surface area contributed by atoms with Gasteiger partial charge in [0.05, 0.1) is 21.3 Å². The largest absolute Gasteiger partial charge is 0.497 e. The molecule has 0 bridgehead atoms. The van der Waals surface area contributed by atoms with E-state index in [-0.39, 0.29) is 11.9 Å². The number of carbonyl (C=O) groups excluding carboxylic acids is 1. The van der Waals surface area contributed by atoms with Gasteiger partial charge in [-0.05, 0) is 13.0 Å². The molecule has 0 radical (unpaired) electrons. The fourth-order valence-corrected chi connectivity index (χ4v) is 2.09. The lowest BCUT2D eigenvalue weighted by Crippen LogP contribution is -2.42. The van der Waals surface area contributed by atoms with Crippen LogP contribution in [0.3, 0.4) is 0 Å². The molecule has 0 amide bonds. The van der Waals surface area contributed by atoms with Crippen LogP contribution in [0.1, 0.15) is 19.4 Å². The van der Waals surface area contributed by atoms with Crippen LogP contribution in [0.5, 0.6) is 11.5 Å². The van der Waals surface area contributed by atoms with Crippen LogP contribution < -0.4 is 14.8 Å². The minimum absolute atomic E-state index is 0.0308. The SMILES string of the molecule is C=C(C)[C@H](C)[C@@H](NCc1ccc(OC)cc1OC)C(=O)OC. The molecule has 5 nitrogen and oxygen atoms in total. The van der Waals surface area contributed by atoms with Gasteiger partial charge >= 0.3 is 5.97 Å². The van der Waals surface area contributed by atoms with Crippen LogP contribution in [0.25, 0.3) is 0 Å². The van der Waals surface area contributed by atoms with Crippen molar-refractivity contribution in [1.29, 1.82) is 0 Å². The Morgan fingerprint density at radius 3 is 2.45 bits per heavy atom. The number of methoxy groups -OCH3 is 3. The summed E-state index contributed by atoms with van der Waals surface area (Å²) >= 11 is 0. The van der Waals surface area contributed by atoms with E-state index in [0.29, 0.717) is 12.3 Å². The van der Waals surface area contributed by atoms with E-state index in [4.69, 9.17) is 14.2 Å². The molecule has 1 aromatic carbocycles. The molecule has 0 aliphatic rings. The Bertz CT molecular complexity index is 527. The standard InChI is InChI=1S/C17H25NO4/c1-11(2)12(3)16(17(19)22-6)18-10-13-7-8-14(20-4)9-15(13)21-5/h7-9,12,16,18H,1,10H2,2-6H3/t12-,16+/m0/s1. The molecule has 1 aromatic rings. The lowest BCUT2D eigenvalue weighted by atomic mass is 9.95. The molecular formula is C17H25NO4. The fraction of sp³-hybridized carbons (Fsp3) is 0.471. The maximum atomic E-state index is 12.0. The molecule has 1 rings (SSSR count). The van der Waals surface area contributed by atoms with Gasteiger partial charge in [-0.1, -0.05) is 25.1 Å². The van der Waals surface area contributed by atoms with Crippen molar-refractivity contribution >= 4 is 5.97 Å². The summed E-state index contributed by atoms with van der Waals surface area (Å²) in [6.07, 6.45) is 0. The van der Waals surface area contributed by atoms with E-state index in [1.165, 1.54) is 7.11 Å². The number of nitrogens with one attached hydrogen (secondary N) is 1. The number of ether oxygens (including phenoxy) is 3. The molecule has 0 aromatic heterocycles. The molecule has 0 saturated heterocycles. The van der Waals surface area contributed by atoms with Crippen LogP contribution in [0.2, 0.25) is 0 Å². The molecule has 2 atom stereocenters. The van der Waals surface area contributed by atoms with Gasteiger partial charge in [0.1, 0.15) is 17.5 Å². The van der Waals surface area contributed by atoms with Gasteiger partial charge in [0, 0.05) is 24.1 Å².